The number of nitrogens with one attached hydrogen (secondary N) is 1. The summed E-state index contributed by atoms with van der Waals surface area (Å²) in [6.07, 6.45) is 0. The molecule has 0 aliphatic heterocycles. The zero-order valence-corrected chi connectivity index (χ0v) is 20.6. The minimum absolute atomic E-state index is 0.255. The molecule has 0 spiro atoms. The molecular formula is C27H28N2O4S. The highest BCUT2D eigenvalue weighted by atomic mass is 32.1. The molecular weight excluding hydrogens is 448 g/mol. The molecule has 0 atom stereocenters. The second-order valence-electron chi connectivity index (χ2n) is 7.52. The van der Waals surface area contributed by atoms with Crippen LogP contribution in [-0.4, -0.2) is 30.7 Å². The van der Waals surface area contributed by atoms with Crippen LogP contribution in [0.25, 0.3) is 20.8 Å². The minimum atomic E-state index is -0.255. The predicted molar refractivity (Wildman–Crippen MR) is 138 cm³/mol. The van der Waals surface area contributed by atoms with Crippen LogP contribution in [0.5, 0.6) is 17.2 Å². The molecule has 176 valence electrons. The molecule has 1 aromatic heterocycles. The van der Waals surface area contributed by atoms with Gasteiger partial charge in [-0.05, 0) is 63.6 Å². The van der Waals surface area contributed by atoms with Gasteiger partial charge in [-0.1, -0.05) is 24.3 Å². The Morgan fingerprint density at radius 2 is 1.59 bits per heavy atom. The van der Waals surface area contributed by atoms with Gasteiger partial charge in [0.2, 0.25) is 5.75 Å². The lowest BCUT2D eigenvalue weighted by Gasteiger charge is -2.17. The molecule has 0 unspecified atom stereocenters. The van der Waals surface area contributed by atoms with Gasteiger partial charge in [-0.2, -0.15) is 0 Å². The van der Waals surface area contributed by atoms with Gasteiger partial charge in [0.05, 0.1) is 30.0 Å². The lowest BCUT2D eigenvalue weighted by atomic mass is 10.1. The van der Waals surface area contributed by atoms with Crippen LogP contribution < -0.4 is 19.5 Å². The third-order valence-corrected chi connectivity index (χ3v) is 6.35. The molecule has 1 N–H and O–H groups in total. The molecule has 6 nitrogen and oxygen atoms in total. The van der Waals surface area contributed by atoms with Crippen molar-refractivity contribution in [3.05, 3.63) is 65.7 Å². The Bertz CT molecular complexity index is 1260. The summed E-state index contributed by atoms with van der Waals surface area (Å²) in [6, 6.07) is 17.3. The Hall–Kier alpha value is -3.58. The third kappa shape index (κ3) is 4.84. The minimum Gasteiger partial charge on any atom is -0.490 e. The van der Waals surface area contributed by atoms with Crippen molar-refractivity contribution in [2.24, 2.45) is 0 Å². The first-order valence-corrected chi connectivity index (χ1v) is 12.2. The van der Waals surface area contributed by atoms with Gasteiger partial charge < -0.3 is 19.5 Å². The van der Waals surface area contributed by atoms with E-state index in [0.717, 1.165) is 32.0 Å². The van der Waals surface area contributed by atoms with Gasteiger partial charge in [0.15, 0.2) is 11.5 Å². The Morgan fingerprint density at radius 3 is 2.24 bits per heavy atom. The molecule has 34 heavy (non-hydrogen) atoms. The van der Waals surface area contributed by atoms with Crippen molar-refractivity contribution in [2.45, 2.75) is 27.7 Å². The number of rotatable bonds is 9. The highest BCUT2D eigenvalue weighted by Gasteiger charge is 2.19. The quantitative estimate of drug-likeness (QED) is 0.290. The predicted octanol–water partition coefficient (Wildman–Crippen LogP) is 6.72. The van der Waals surface area contributed by atoms with Gasteiger partial charge in [0.1, 0.15) is 5.01 Å². The van der Waals surface area contributed by atoms with Crippen LogP contribution in [0, 0.1) is 6.92 Å². The summed E-state index contributed by atoms with van der Waals surface area (Å²) in [5.74, 6) is 1.23. The average molecular weight is 477 g/mol. The summed E-state index contributed by atoms with van der Waals surface area (Å²) < 4.78 is 18.4. The first-order valence-electron chi connectivity index (χ1n) is 11.4. The van der Waals surface area contributed by atoms with Crippen molar-refractivity contribution in [3.8, 4) is 27.8 Å². The van der Waals surface area contributed by atoms with E-state index in [1.807, 2.05) is 64.1 Å². The van der Waals surface area contributed by atoms with E-state index in [1.165, 1.54) is 0 Å². The Morgan fingerprint density at radius 1 is 0.912 bits per heavy atom. The van der Waals surface area contributed by atoms with Crippen LogP contribution in [0.3, 0.4) is 0 Å². The number of carbonyl (C=O) groups excluding carboxylic acids is 1. The number of hydrogen-bond donors (Lipinski definition) is 1. The van der Waals surface area contributed by atoms with Crippen LogP contribution in [0.4, 0.5) is 5.69 Å². The van der Waals surface area contributed by atoms with Gasteiger partial charge in [0, 0.05) is 16.8 Å². The van der Waals surface area contributed by atoms with Crippen LogP contribution in [0.2, 0.25) is 0 Å². The first-order chi connectivity index (χ1) is 16.5. The van der Waals surface area contributed by atoms with Crippen molar-refractivity contribution in [1.29, 1.82) is 0 Å². The van der Waals surface area contributed by atoms with E-state index in [-0.39, 0.29) is 5.91 Å². The second-order valence-corrected chi connectivity index (χ2v) is 8.55. The number of amides is 1. The molecule has 4 aromatic rings. The van der Waals surface area contributed by atoms with Crippen LogP contribution in [-0.2, 0) is 0 Å². The van der Waals surface area contributed by atoms with E-state index in [4.69, 9.17) is 19.2 Å². The van der Waals surface area contributed by atoms with Crippen molar-refractivity contribution in [2.75, 3.05) is 25.1 Å². The number of hydrogen-bond acceptors (Lipinski definition) is 6. The number of anilines is 1. The van der Waals surface area contributed by atoms with E-state index in [2.05, 4.69) is 11.4 Å². The smallest absolute Gasteiger partial charge is 0.255 e. The van der Waals surface area contributed by atoms with Gasteiger partial charge in [-0.25, -0.2) is 4.98 Å². The van der Waals surface area contributed by atoms with Crippen LogP contribution in [0.1, 0.15) is 36.7 Å². The topological polar surface area (TPSA) is 69.7 Å². The molecule has 0 saturated carbocycles. The second kappa shape index (κ2) is 10.6. The summed E-state index contributed by atoms with van der Waals surface area (Å²) in [6.45, 7) is 9.02. The fourth-order valence-corrected chi connectivity index (χ4v) is 4.75. The fourth-order valence-electron chi connectivity index (χ4n) is 3.70. The molecule has 0 aliphatic rings. The molecule has 0 bridgehead atoms. The Kier molecular flexibility index (Phi) is 7.33. The number of aromatic nitrogens is 1. The first kappa shape index (κ1) is 23.6. The zero-order valence-electron chi connectivity index (χ0n) is 19.8. The number of benzene rings is 3. The number of fused-ring (bicyclic) bond motifs is 1. The summed E-state index contributed by atoms with van der Waals surface area (Å²) in [7, 11) is 0. The molecule has 0 fully saturated rings. The number of nitrogens with zero attached hydrogens (tertiary/aromatic N) is 1. The number of thiazole rings is 1. The summed E-state index contributed by atoms with van der Waals surface area (Å²) in [5.41, 5.74) is 4.08. The summed E-state index contributed by atoms with van der Waals surface area (Å²) >= 11 is 1.64. The maximum Gasteiger partial charge on any atom is 0.255 e. The Balaban J connectivity index is 1.67. The van der Waals surface area contributed by atoms with E-state index in [0.29, 0.717) is 42.6 Å². The summed E-state index contributed by atoms with van der Waals surface area (Å²) in [4.78, 5) is 18.0. The molecule has 0 aliphatic carbocycles. The normalized spacial score (nSPS) is 10.8. The van der Waals surface area contributed by atoms with E-state index in [9.17, 15) is 4.79 Å². The lowest BCUT2D eigenvalue weighted by molar-refractivity contribution is 0.102. The van der Waals surface area contributed by atoms with Crippen molar-refractivity contribution in [1.82, 2.24) is 4.98 Å². The molecule has 3 aromatic carbocycles. The molecule has 4 rings (SSSR count). The largest absolute Gasteiger partial charge is 0.490 e. The molecule has 0 radical (unpaired) electrons. The molecule has 0 saturated heterocycles. The Labute approximate surface area is 203 Å². The number of ether oxygens (including phenoxy) is 3. The third-order valence-electron chi connectivity index (χ3n) is 5.28. The molecule has 1 heterocycles. The average Bonchev–Trinajstić information content (AvgIpc) is 3.26. The number of carbonyl (C=O) groups is 1. The van der Waals surface area contributed by atoms with Crippen molar-refractivity contribution in [3.63, 3.8) is 0 Å². The maximum absolute atomic E-state index is 13.3. The summed E-state index contributed by atoms with van der Waals surface area (Å²) in [5, 5.41) is 3.97. The van der Waals surface area contributed by atoms with E-state index >= 15 is 0 Å². The lowest BCUT2D eigenvalue weighted by Crippen LogP contribution is -2.14. The zero-order chi connectivity index (χ0) is 24.1. The molecule has 7 heteroatoms. The number of para-hydroxylation sites is 1. The highest BCUT2D eigenvalue weighted by Crippen LogP contribution is 2.40. The van der Waals surface area contributed by atoms with Crippen molar-refractivity contribution < 1.29 is 19.0 Å². The van der Waals surface area contributed by atoms with E-state index in [1.54, 1.807) is 23.5 Å². The standard InChI is InChI=1S/C27H28N2O4S/c1-5-31-22-15-18(16-23(32-6-2)25(22)33-7-3)26(30)28-20-13-10-11-19(17(20)4)27-29-21-12-8-9-14-24(21)34-27/h8-16H,5-7H2,1-4H3,(H,28,30). The van der Waals surface area contributed by atoms with Gasteiger partial charge >= 0.3 is 0 Å². The van der Waals surface area contributed by atoms with Crippen molar-refractivity contribution >= 4 is 33.1 Å². The van der Waals surface area contributed by atoms with Crippen LogP contribution >= 0.6 is 11.3 Å². The van der Waals surface area contributed by atoms with Gasteiger partial charge in [0.25, 0.3) is 5.91 Å². The fraction of sp³-hybridized carbons (Fsp3) is 0.259. The maximum atomic E-state index is 13.3. The molecule has 1 amide bonds. The van der Waals surface area contributed by atoms with Gasteiger partial charge in [-0.15, -0.1) is 11.3 Å². The van der Waals surface area contributed by atoms with Crippen LogP contribution in [0.15, 0.2) is 54.6 Å². The van der Waals surface area contributed by atoms with Gasteiger partial charge in [-0.3, -0.25) is 4.79 Å². The SMILES string of the molecule is CCOc1cc(C(=O)Nc2cccc(-c3nc4ccccc4s3)c2C)cc(OCC)c1OCC. The monoisotopic (exact) mass is 476 g/mol. The van der Waals surface area contributed by atoms with E-state index < -0.39 is 0 Å². The highest BCUT2D eigenvalue weighted by molar-refractivity contribution is 7.21.